The molecule has 2 aromatic heterocycles. The topological polar surface area (TPSA) is 92.7 Å². The van der Waals surface area contributed by atoms with Crippen LogP contribution in [0.25, 0.3) is 10.9 Å². The molecule has 37 heavy (non-hydrogen) atoms. The highest BCUT2D eigenvalue weighted by atomic mass is 79.9. The van der Waals surface area contributed by atoms with E-state index in [-0.39, 0.29) is 5.02 Å². The molecule has 2 aromatic carbocycles. The van der Waals surface area contributed by atoms with E-state index in [1.807, 2.05) is 12.1 Å². The molecule has 1 aliphatic rings. The van der Waals surface area contributed by atoms with E-state index in [1.165, 1.54) is 18.3 Å². The molecule has 190 valence electrons. The number of hydrogen-bond donors (Lipinski definition) is 3. The number of nitrogens with one attached hydrogen (secondary N) is 3. The van der Waals surface area contributed by atoms with E-state index in [1.54, 1.807) is 6.07 Å². The molecule has 0 unspecified atom stereocenters. The Hall–Kier alpha value is -3.19. The van der Waals surface area contributed by atoms with Crippen molar-refractivity contribution in [1.29, 1.82) is 5.26 Å². The molecule has 0 saturated carbocycles. The van der Waals surface area contributed by atoms with E-state index in [2.05, 4.69) is 65.7 Å². The molecule has 0 bridgehead atoms. The van der Waals surface area contributed by atoms with Crippen molar-refractivity contribution in [2.24, 2.45) is 0 Å². The molecule has 7 nitrogen and oxygen atoms in total. The van der Waals surface area contributed by atoms with Gasteiger partial charge in [0, 0.05) is 33.3 Å². The molecular formula is C27H26BrClFN7. The van der Waals surface area contributed by atoms with E-state index in [9.17, 15) is 9.65 Å². The number of anilines is 3. The predicted molar refractivity (Wildman–Crippen MR) is 149 cm³/mol. The molecule has 10 heteroatoms. The first-order valence-electron chi connectivity index (χ1n) is 12.2. The number of nitrogens with zero attached hydrogens (tertiary/aromatic N) is 4. The van der Waals surface area contributed by atoms with Crippen molar-refractivity contribution in [2.45, 2.75) is 32.2 Å². The summed E-state index contributed by atoms with van der Waals surface area (Å²) in [6.45, 7) is 6.11. The molecule has 1 saturated heterocycles. The molecule has 1 aliphatic heterocycles. The molecular weight excluding hydrogens is 557 g/mol. The first kappa shape index (κ1) is 25.5. The van der Waals surface area contributed by atoms with Crippen molar-refractivity contribution in [1.82, 2.24) is 20.1 Å². The summed E-state index contributed by atoms with van der Waals surface area (Å²) in [6, 6.07) is 12.6. The van der Waals surface area contributed by atoms with Crippen LogP contribution >= 0.6 is 27.5 Å². The lowest BCUT2D eigenvalue weighted by molar-refractivity contribution is 0.221. The SMILES string of the molecule is CCN1CCC(c2cc(CNc3cc(Br)c4ncc(C#N)c(Nc5ccc(F)c(Cl)c5)c4c3)[nH]n2)CC1. The van der Waals surface area contributed by atoms with E-state index < -0.39 is 5.82 Å². The van der Waals surface area contributed by atoms with E-state index in [0.717, 1.165) is 59.4 Å². The maximum Gasteiger partial charge on any atom is 0.141 e. The van der Waals surface area contributed by atoms with E-state index in [4.69, 9.17) is 11.6 Å². The summed E-state index contributed by atoms with van der Waals surface area (Å²) >= 11 is 9.59. The van der Waals surface area contributed by atoms with Crippen LogP contribution in [-0.2, 0) is 6.54 Å². The summed E-state index contributed by atoms with van der Waals surface area (Å²) < 4.78 is 14.4. The molecule has 0 amide bonds. The summed E-state index contributed by atoms with van der Waals surface area (Å²) in [7, 11) is 0. The number of rotatable bonds is 7. The molecule has 3 heterocycles. The molecule has 1 fully saturated rings. The van der Waals surface area contributed by atoms with Crippen LogP contribution < -0.4 is 10.6 Å². The zero-order chi connectivity index (χ0) is 25.9. The van der Waals surface area contributed by atoms with Gasteiger partial charge < -0.3 is 15.5 Å². The first-order valence-corrected chi connectivity index (χ1v) is 13.4. The van der Waals surface area contributed by atoms with Crippen molar-refractivity contribution in [2.75, 3.05) is 30.3 Å². The number of halogens is 3. The monoisotopic (exact) mass is 581 g/mol. The summed E-state index contributed by atoms with van der Waals surface area (Å²) in [5.74, 6) is -0.0124. The van der Waals surface area contributed by atoms with Crippen molar-refractivity contribution in [3.05, 3.63) is 74.9 Å². The van der Waals surface area contributed by atoms with Crippen LogP contribution in [0, 0.1) is 17.1 Å². The summed E-state index contributed by atoms with van der Waals surface area (Å²) in [4.78, 5) is 6.94. The van der Waals surface area contributed by atoms with Crippen molar-refractivity contribution >= 4 is 55.5 Å². The molecule has 0 atom stereocenters. The molecule has 0 aliphatic carbocycles. The number of H-pyrrole nitrogens is 1. The summed E-state index contributed by atoms with van der Waals surface area (Å²) in [5, 5.41) is 24.9. The molecule has 5 rings (SSSR count). The Morgan fingerprint density at radius 3 is 2.76 bits per heavy atom. The summed E-state index contributed by atoms with van der Waals surface area (Å²) in [6.07, 6.45) is 3.78. The van der Waals surface area contributed by atoms with Crippen molar-refractivity contribution < 1.29 is 4.39 Å². The number of pyridine rings is 1. The lowest BCUT2D eigenvalue weighted by Crippen LogP contribution is -2.32. The zero-order valence-corrected chi connectivity index (χ0v) is 22.6. The van der Waals surface area contributed by atoms with Crippen LogP contribution in [0.2, 0.25) is 5.02 Å². The van der Waals surface area contributed by atoms with Gasteiger partial charge in [-0.1, -0.05) is 18.5 Å². The molecule has 0 spiro atoms. The largest absolute Gasteiger partial charge is 0.379 e. The minimum absolute atomic E-state index is 0.000230. The number of fused-ring (bicyclic) bond motifs is 1. The normalized spacial score (nSPS) is 14.6. The molecule has 3 N–H and O–H groups in total. The van der Waals surface area contributed by atoms with Crippen LogP contribution in [-0.4, -0.2) is 39.7 Å². The molecule has 4 aromatic rings. The highest BCUT2D eigenvalue weighted by Gasteiger charge is 2.22. The van der Waals surface area contributed by atoms with Gasteiger partial charge in [-0.2, -0.15) is 10.4 Å². The second kappa shape index (κ2) is 11.1. The maximum absolute atomic E-state index is 13.7. The fraction of sp³-hybridized carbons (Fsp3) is 0.296. The van der Waals surface area contributed by atoms with Crippen LogP contribution in [0.3, 0.4) is 0 Å². The van der Waals surface area contributed by atoms with Crippen LogP contribution in [0.15, 0.2) is 47.1 Å². The van der Waals surface area contributed by atoms with Crippen LogP contribution in [0.1, 0.15) is 42.6 Å². The second-order valence-corrected chi connectivity index (χ2v) is 10.4. The van der Waals surface area contributed by atoms with Gasteiger partial charge >= 0.3 is 0 Å². The fourth-order valence-corrected chi connectivity index (χ4v) is 5.46. The Kier molecular flexibility index (Phi) is 7.60. The standard InChI is InChI=1S/C27H26BrClFN7/c1-2-37-7-5-16(6-8-37)25-12-20(35-36-25)15-32-19-9-21-26(34-18-3-4-24(30)23(29)11-18)17(13-31)14-33-27(21)22(28)10-19/h3-4,9-12,14,16,32H,2,5-8,15H2,1H3,(H,33,34)(H,35,36). The lowest BCUT2D eigenvalue weighted by atomic mass is 9.93. The van der Waals surface area contributed by atoms with Gasteiger partial charge in [0.25, 0.3) is 0 Å². The minimum Gasteiger partial charge on any atom is -0.379 e. The van der Waals surface area contributed by atoms with E-state index >= 15 is 0 Å². The number of piperidine rings is 1. The maximum atomic E-state index is 13.7. The van der Waals surface area contributed by atoms with Gasteiger partial charge in [-0.05, 0) is 84.8 Å². The van der Waals surface area contributed by atoms with Gasteiger partial charge in [0.05, 0.1) is 39.7 Å². The highest BCUT2D eigenvalue weighted by Crippen LogP contribution is 2.36. The Balaban J connectivity index is 1.38. The van der Waals surface area contributed by atoms with Gasteiger partial charge in [0.15, 0.2) is 0 Å². The third kappa shape index (κ3) is 5.57. The average molecular weight is 583 g/mol. The van der Waals surface area contributed by atoms with Gasteiger partial charge in [0.1, 0.15) is 11.9 Å². The van der Waals surface area contributed by atoms with Gasteiger partial charge in [-0.3, -0.25) is 10.1 Å². The fourth-order valence-electron chi connectivity index (χ4n) is 4.72. The number of aromatic amines is 1. The van der Waals surface area contributed by atoms with Gasteiger partial charge in [-0.15, -0.1) is 0 Å². The average Bonchev–Trinajstić information content (AvgIpc) is 3.39. The first-order chi connectivity index (χ1) is 17.9. The number of likely N-dealkylation sites (tertiary alicyclic amines) is 1. The number of nitriles is 1. The smallest absolute Gasteiger partial charge is 0.141 e. The third-order valence-corrected chi connectivity index (χ3v) is 7.72. The van der Waals surface area contributed by atoms with Gasteiger partial charge in [-0.25, -0.2) is 4.39 Å². The zero-order valence-electron chi connectivity index (χ0n) is 20.3. The van der Waals surface area contributed by atoms with Crippen molar-refractivity contribution in [3.63, 3.8) is 0 Å². The Bertz CT molecular complexity index is 1470. The predicted octanol–water partition coefficient (Wildman–Crippen LogP) is 6.94. The Labute approximate surface area is 228 Å². The second-order valence-electron chi connectivity index (χ2n) is 9.15. The third-order valence-electron chi connectivity index (χ3n) is 6.82. The Morgan fingerprint density at radius 1 is 1.22 bits per heavy atom. The quantitative estimate of drug-likeness (QED) is 0.219. The van der Waals surface area contributed by atoms with Gasteiger partial charge in [0.2, 0.25) is 0 Å². The Morgan fingerprint density at radius 2 is 2.03 bits per heavy atom. The minimum atomic E-state index is -0.505. The number of benzene rings is 2. The highest BCUT2D eigenvalue weighted by molar-refractivity contribution is 9.10. The summed E-state index contributed by atoms with van der Waals surface area (Å²) in [5.41, 5.74) is 5.18. The molecule has 0 radical (unpaired) electrons. The van der Waals surface area contributed by atoms with Crippen LogP contribution in [0.5, 0.6) is 0 Å². The number of hydrogen-bond acceptors (Lipinski definition) is 6. The van der Waals surface area contributed by atoms with Crippen molar-refractivity contribution in [3.8, 4) is 6.07 Å². The van der Waals surface area contributed by atoms with E-state index in [0.29, 0.717) is 34.9 Å². The lowest BCUT2D eigenvalue weighted by Gasteiger charge is -2.29. The van der Waals surface area contributed by atoms with Crippen LogP contribution in [0.4, 0.5) is 21.5 Å². The number of aromatic nitrogens is 3.